The van der Waals surface area contributed by atoms with Crippen molar-refractivity contribution in [2.45, 2.75) is 20.4 Å². The van der Waals surface area contributed by atoms with Crippen molar-refractivity contribution in [1.29, 1.82) is 0 Å². The molecule has 0 saturated carbocycles. The molecule has 0 saturated heterocycles. The number of aromatic nitrogens is 1. The zero-order valence-electron chi connectivity index (χ0n) is 15.5. The lowest BCUT2D eigenvalue weighted by Crippen LogP contribution is -2.39. The summed E-state index contributed by atoms with van der Waals surface area (Å²) < 4.78 is 12.8. The molecule has 0 aliphatic rings. The van der Waals surface area contributed by atoms with Gasteiger partial charge in [-0.1, -0.05) is 12.1 Å². The molecule has 0 radical (unpaired) electrons. The molecule has 27 heavy (non-hydrogen) atoms. The maximum Gasteiger partial charge on any atom is 0.315 e. The lowest BCUT2D eigenvalue weighted by atomic mass is 10.2. The fourth-order valence-corrected chi connectivity index (χ4v) is 2.41. The van der Waals surface area contributed by atoms with Crippen LogP contribution in [0.15, 0.2) is 42.6 Å². The van der Waals surface area contributed by atoms with Crippen molar-refractivity contribution in [3.05, 3.63) is 54.0 Å². The highest BCUT2D eigenvalue weighted by Gasteiger charge is 2.07. The number of nitrogens with zero attached hydrogens (tertiary/aromatic N) is 2. The molecular weight excluding hydrogens is 349 g/mol. The average Bonchev–Trinajstić information content (AvgIpc) is 2.68. The Kier molecular flexibility index (Phi) is 7.54. The lowest BCUT2D eigenvalue weighted by Gasteiger charge is -2.19. The van der Waals surface area contributed by atoms with Crippen LogP contribution in [0.25, 0.3) is 0 Å². The van der Waals surface area contributed by atoms with Gasteiger partial charge in [0.25, 0.3) is 0 Å². The second-order valence-electron chi connectivity index (χ2n) is 5.79. The third-order valence-corrected chi connectivity index (χ3v) is 3.89. The second-order valence-corrected chi connectivity index (χ2v) is 5.79. The van der Waals surface area contributed by atoms with E-state index in [-0.39, 0.29) is 24.8 Å². The number of benzene rings is 1. The monoisotopic (exact) mass is 373 g/mol. The van der Waals surface area contributed by atoms with E-state index < -0.39 is 6.03 Å². The van der Waals surface area contributed by atoms with Gasteiger partial charge in [0.2, 0.25) is 5.91 Å². The molecule has 0 unspecified atom stereocenters. The van der Waals surface area contributed by atoms with Gasteiger partial charge in [0.05, 0.1) is 18.4 Å². The number of halogens is 1. The molecule has 0 fully saturated rings. The number of nitrogens with one attached hydrogen (secondary N) is 3. The van der Waals surface area contributed by atoms with E-state index in [1.54, 1.807) is 24.4 Å². The molecule has 2 aromatic rings. The maximum atomic E-state index is 12.8. The highest BCUT2D eigenvalue weighted by atomic mass is 19.1. The van der Waals surface area contributed by atoms with E-state index in [0.29, 0.717) is 5.69 Å². The zero-order chi connectivity index (χ0) is 19.6. The van der Waals surface area contributed by atoms with Crippen LogP contribution in [-0.4, -0.2) is 36.6 Å². The zero-order valence-corrected chi connectivity index (χ0v) is 15.5. The molecule has 0 bridgehead atoms. The SMILES string of the molecule is CCN(CC)c1ccc(NC(=O)CNC(=O)NCc2ccc(F)cc2)cn1. The molecule has 0 spiro atoms. The van der Waals surface area contributed by atoms with Crippen LogP contribution in [-0.2, 0) is 11.3 Å². The first kappa shape index (κ1) is 20.2. The summed E-state index contributed by atoms with van der Waals surface area (Å²) in [7, 11) is 0. The second kappa shape index (κ2) is 10.1. The summed E-state index contributed by atoms with van der Waals surface area (Å²) in [4.78, 5) is 30.1. The Morgan fingerprint density at radius 1 is 1.04 bits per heavy atom. The minimum atomic E-state index is -0.482. The first-order valence-electron chi connectivity index (χ1n) is 8.78. The highest BCUT2D eigenvalue weighted by molar-refractivity contribution is 5.94. The quantitative estimate of drug-likeness (QED) is 0.664. The van der Waals surface area contributed by atoms with Gasteiger partial charge in [0.15, 0.2) is 0 Å². The van der Waals surface area contributed by atoms with Crippen LogP contribution in [0.5, 0.6) is 0 Å². The van der Waals surface area contributed by atoms with Crippen LogP contribution < -0.4 is 20.9 Å². The van der Waals surface area contributed by atoms with Crippen LogP contribution in [0.2, 0.25) is 0 Å². The number of hydrogen-bond donors (Lipinski definition) is 3. The normalized spacial score (nSPS) is 10.2. The fourth-order valence-electron chi connectivity index (χ4n) is 2.41. The number of pyridine rings is 1. The van der Waals surface area contributed by atoms with E-state index in [1.807, 2.05) is 19.9 Å². The minimum Gasteiger partial charge on any atom is -0.357 e. The average molecular weight is 373 g/mol. The molecule has 2 rings (SSSR count). The number of anilines is 2. The van der Waals surface area contributed by atoms with E-state index in [2.05, 4.69) is 25.8 Å². The predicted octanol–water partition coefficient (Wildman–Crippen LogP) is 2.50. The van der Waals surface area contributed by atoms with Crippen LogP contribution in [0.1, 0.15) is 19.4 Å². The Bertz CT molecular complexity index is 746. The van der Waals surface area contributed by atoms with Gasteiger partial charge in [-0.05, 0) is 43.7 Å². The smallest absolute Gasteiger partial charge is 0.315 e. The fraction of sp³-hybridized carbons (Fsp3) is 0.316. The molecule has 7 nitrogen and oxygen atoms in total. The van der Waals surface area contributed by atoms with E-state index in [0.717, 1.165) is 24.5 Å². The molecule has 144 valence electrons. The lowest BCUT2D eigenvalue weighted by molar-refractivity contribution is -0.115. The summed E-state index contributed by atoms with van der Waals surface area (Å²) in [6, 6.07) is 8.93. The van der Waals surface area contributed by atoms with E-state index in [4.69, 9.17) is 0 Å². The predicted molar refractivity (Wildman–Crippen MR) is 103 cm³/mol. The number of amides is 3. The molecule has 1 aromatic heterocycles. The Morgan fingerprint density at radius 3 is 2.33 bits per heavy atom. The topological polar surface area (TPSA) is 86.4 Å². The number of rotatable bonds is 8. The van der Waals surface area contributed by atoms with Gasteiger partial charge in [-0.25, -0.2) is 14.2 Å². The summed E-state index contributed by atoms with van der Waals surface area (Å²) in [5, 5.41) is 7.74. The van der Waals surface area contributed by atoms with Crippen molar-refractivity contribution >= 4 is 23.4 Å². The van der Waals surface area contributed by atoms with Crippen molar-refractivity contribution in [3.63, 3.8) is 0 Å². The van der Waals surface area contributed by atoms with Gasteiger partial charge in [-0.15, -0.1) is 0 Å². The van der Waals surface area contributed by atoms with Crippen molar-refractivity contribution in [3.8, 4) is 0 Å². The summed E-state index contributed by atoms with van der Waals surface area (Å²) in [6.07, 6.45) is 1.58. The Balaban J connectivity index is 1.73. The Morgan fingerprint density at radius 2 is 1.74 bits per heavy atom. The number of urea groups is 1. The van der Waals surface area contributed by atoms with Gasteiger partial charge in [0.1, 0.15) is 11.6 Å². The van der Waals surface area contributed by atoms with Gasteiger partial charge >= 0.3 is 6.03 Å². The third kappa shape index (κ3) is 6.58. The number of hydrogen-bond acceptors (Lipinski definition) is 4. The van der Waals surface area contributed by atoms with E-state index in [1.165, 1.54) is 12.1 Å². The van der Waals surface area contributed by atoms with Crippen LogP contribution in [0.4, 0.5) is 20.7 Å². The van der Waals surface area contributed by atoms with E-state index in [9.17, 15) is 14.0 Å². The highest BCUT2D eigenvalue weighted by Crippen LogP contribution is 2.13. The number of carbonyl (C=O) groups excluding carboxylic acids is 2. The Hall–Kier alpha value is -3.16. The van der Waals surface area contributed by atoms with Crippen molar-refractivity contribution in [2.24, 2.45) is 0 Å². The van der Waals surface area contributed by atoms with Crippen LogP contribution in [0, 0.1) is 5.82 Å². The molecule has 8 heteroatoms. The van der Waals surface area contributed by atoms with Crippen LogP contribution >= 0.6 is 0 Å². The van der Waals surface area contributed by atoms with Crippen LogP contribution in [0.3, 0.4) is 0 Å². The van der Waals surface area contributed by atoms with Gasteiger partial charge in [-0.3, -0.25) is 4.79 Å². The summed E-state index contributed by atoms with van der Waals surface area (Å²) in [5.74, 6) is 0.153. The molecular formula is C19H24FN5O2. The van der Waals surface area contributed by atoms with E-state index >= 15 is 0 Å². The summed E-state index contributed by atoms with van der Waals surface area (Å²) >= 11 is 0. The van der Waals surface area contributed by atoms with Gasteiger partial charge in [-0.2, -0.15) is 0 Å². The van der Waals surface area contributed by atoms with Gasteiger partial charge in [0, 0.05) is 19.6 Å². The van der Waals surface area contributed by atoms with Crippen molar-refractivity contribution < 1.29 is 14.0 Å². The third-order valence-electron chi connectivity index (χ3n) is 3.89. The van der Waals surface area contributed by atoms with Crippen molar-refractivity contribution in [1.82, 2.24) is 15.6 Å². The molecule has 1 heterocycles. The molecule has 3 N–H and O–H groups in total. The minimum absolute atomic E-state index is 0.174. The van der Waals surface area contributed by atoms with Crippen molar-refractivity contribution in [2.75, 3.05) is 29.9 Å². The molecule has 1 aromatic carbocycles. The largest absolute Gasteiger partial charge is 0.357 e. The first-order chi connectivity index (χ1) is 13.0. The molecule has 0 aliphatic carbocycles. The van der Waals surface area contributed by atoms with Gasteiger partial charge < -0.3 is 20.9 Å². The summed E-state index contributed by atoms with van der Waals surface area (Å²) in [6.45, 7) is 5.87. The molecule has 3 amide bonds. The maximum absolute atomic E-state index is 12.8. The molecule has 0 aliphatic heterocycles. The standard InChI is InChI=1S/C19H24FN5O2/c1-3-25(4-2)17-10-9-16(12-21-17)24-18(26)13-23-19(27)22-11-14-5-7-15(20)8-6-14/h5-10,12H,3-4,11,13H2,1-2H3,(H,24,26)(H2,22,23,27). The number of carbonyl (C=O) groups is 2. The first-order valence-corrected chi connectivity index (χ1v) is 8.78. The Labute approximate surface area is 158 Å². The summed E-state index contributed by atoms with van der Waals surface area (Å²) in [5.41, 5.74) is 1.32. The molecule has 0 atom stereocenters.